The molecule has 0 N–H and O–H groups in total. The van der Waals surface area contributed by atoms with Gasteiger partial charge >= 0.3 is 11.4 Å². The molecule has 0 atom stereocenters. The molecule has 7 heteroatoms. The summed E-state index contributed by atoms with van der Waals surface area (Å²) in [7, 11) is 0. The highest BCUT2D eigenvalue weighted by atomic mass is 79.9. The van der Waals surface area contributed by atoms with Gasteiger partial charge in [0, 0.05) is 16.6 Å². The Morgan fingerprint density at radius 3 is 2.11 bits per heavy atom. The monoisotopic (exact) mass is 322 g/mol. The van der Waals surface area contributed by atoms with Gasteiger partial charge in [-0.15, -0.1) is 0 Å². The highest BCUT2D eigenvalue weighted by Crippen LogP contribution is 2.34. The summed E-state index contributed by atoms with van der Waals surface area (Å²) in [5.74, 6) is 0. The number of nitro benzene ring substituents is 2. The highest BCUT2D eigenvalue weighted by Gasteiger charge is 2.24. The Hall–Kier alpha value is -2.28. The van der Waals surface area contributed by atoms with Gasteiger partial charge in [-0.05, 0) is 23.3 Å². The van der Waals surface area contributed by atoms with Crippen LogP contribution in [0.15, 0.2) is 46.9 Å². The van der Waals surface area contributed by atoms with Crippen LogP contribution in [0, 0.1) is 20.2 Å². The number of rotatable bonds is 3. The average Bonchev–Trinajstić information content (AvgIpc) is 2.38. The van der Waals surface area contributed by atoms with Crippen LogP contribution in [0.25, 0.3) is 11.1 Å². The molecular formula is C12H7BrN2O4. The summed E-state index contributed by atoms with van der Waals surface area (Å²) in [6.07, 6.45) is 0. The van der Waals surface area contributed by atoms with Crippen LogP contribution >= 0.6 is 15.9 Å². The fourth-order valence-corrected chi connectivity index (χ4v) is 2.20. The molecule has 0 spiro atoms. The molecule has 96 valence electrons. The van der Waals surface area contributed by atoms with E-state index in [4.69, 9.17) is 0 Å². The van der Waals surface area contributed by atoms with E-state index in [1.165, 1.54) is 12.1 Å². The third-order valence-corrected chi connectivity index (χ3v) is 3.25. The van der Waals surface area contributed by atoms with Crippen molar-refractivity contribution in [1.29, 1.82) is 0 Å². The van der Waals surface area contributed by atoms with Crippen molar-refractivity contribution in [1.82, 2.24) is 0 Å². The molecule has 6 nitrogen and oxygen atoms in total. The smallest absolute Gasteiger partial charge is 0.258 e. The maximum absolute atomic E-state index is 10.9. The largest absolute Gasteiger partial charge is 0.346 e. The van der Waals surface area contributed by atoms with Gasteiger partial charge in [0.2, 0.25) is 0 Å². The lowest BCUT2D eigenvalue weighted by molar-refractivity contribution is -0.422. The van der Waals surface area contributed by atoms with Gasteiger partial charge in [-0.3, -0.25) is 20.2 Å². The van der Waals surface area contributed by atoms with Gasteiger partial charge < -0.3 is 0 Å². The second-order valence-corrected chi connectivity index (χ2v) is 4.55. The number of halogens is 1. The first kappa shape index (κ1) is 13.2. The summed E-state index contributed by atoms with van der Waals surface area (Å²) in [5.41, 5.74) is 0.254. The molecule has 19 heavy (non-hydrogen) atoms. The maximum Gasteiger partial charge on any atom is 0.346 e. The summed E-state index contributed by atoms with van der Waals surface area (Å²) in [6.45, 7) is 0. The standard InChI is InChI=1S/C12H7BrN2O4/c13-10-4-2-1-3-9(10)8-5-6-11(14(16)17)12(7-8)15(18)19/h1-7H. The van der Waals surface area contributed by atoms with E-state index in [0.29, 0.717) is 5.56 Å². The predicted octanol–water partition coefficient (Wildman–Crippen LogP) is 3.93. The summed E-state index contributed by atoms with van der Waals surface area (Å²) < 4.78 is 0.762. The van der Waals surface area contributed by atoms with Crippen molar-refractivity contribution < 1.29 is 9.85 Å². The highest BCUT2D eigenvalue weighted by molar-refractivity contribution is 9.10. The van der Waals surface area contributed by atoms with Gasteiger partial charge in [0.1, 0.15) is 0 Å². The first-order chi connectivity index (χ1) is 9.00. The number of hydrogen-bond acceptors (Lipinski definition) is 4. The Bertz CT molecular complexity index is 673. The summed E-state index contributed by atoms with van der Waals surface area (Å²) in [6, 6.07) is 11.0. The lowest BCUT2D eigenvalue weighted by Crippen LogP contribution is -1.96. The second-order valence-electron chi connectivity index (χ2n) is 3.70. The van der Waals surface area contributed by atoms with Crippen molar-refractivity contribution >= 4 is 27.3 Å². The molecule has 0 aliphatic rings. The van der Waals surface area contributed by atoms with E-state index in [2.05, 4.69) is 15.9 Å². The number of nitrogens with zero attached hydrogens (tertiary/aromatic N) is 2. The third-order valence-electron chi connectivity index (χ3n) is 2.55. The third kappa shape index (κ3) is 2.60. The topological polar surface area (TPSA) is 86.3 Å². The molecule has 0 bridgehead atoms. The molecule has 2 aromatic rings. The minimum absolute atomic E-state index is 0.513. The van der Waals surface area contributed by atoms with Gasteiger partial charge in [0.25, 0.3) is 0 Å². The van der Waals surface area contributed by atoms with Crippen molar-refractivity contribution in [3.8, 4) is 11.1 Å². The molecule has 2 rings (SSSR count). The fourth-order valence-electron chi connectivity index (χ4n) is 1.69. The summed E-state index contributed by atoms with van der Waals surface area (Å²) >= 11 is 3.34. The van der Waals surface area contributed by atoms with E-state index in [1.807, 2.05) is 6.07 Å². The Balaban J connectivity index is 2.62. The molecule has 0 aliphatic carbocycles. The number of hydrogen-bond donors (Lipinski definition) is 0. The Labute approximate surface area is 116 Å². The Morgan fingerprint density at radius 2 is 1.53 bits per heavy atom. The van der Waals surface area contributed by atoms with E-state index in [0.717, 1.165) is 16.1 Å². The van der Waals surface area contributed by atoms with Crippen LogP contribution in [-0.2, 0) is 0 Å². The Morgan fingerprint density at radius 1 is 0.895 bits per heavy atom. The van der Waals surface area contributed by atoms with Crippen molar-refractivity contribution in [2.24, 2.45) is 0 Å². The molecule has 0 amide bonds. The molecule has 0 unspecified atom stereocenters. The van der Waals surface area contributed by atoms with Gasteiger partial charge in [-0.1, -0.05) is 34.1 Å². The zero-order chi connectivity index (χ0) is 14.0. The van der Waals surface area contributed by atoms with Crippen LogP contribution in [0.3, 0.4) is 0 Å². The minimum Gasteiger partial charge on any atom is -0.258 e. The molecule has 0 heterocycles. The zero-order valence-electron chi connectivity index (χ0n) is 9.45. The van der Waals surface area contributed by atoms with E-state index < -0.39 is 21.2 Å². The molecule has 0 aliphatic heterocycles. The lowest BCUT2D eigenvalue weighted by atomic mass is 10.0. The van der Waals surface area contributed by atoms with Gasteiger partial charge in [-0.25, -0.2) is 0 Å². The molecule has 0 radical (unpaired) electrons. The van der Waals surface area contributed by atoms with E-state index in [1.54, 1.807) is 18.2 Å². The van der Waals surface area contributed by atoms with Gasteiger partial charge in [0.15, 0.2) is 0 Å². The normalized spacial score (nSPS) is 10.2. The zero-order valence-corrected chi connectivity index (χ0v) is 11.0. The fraction of sp³-hybridized carbons (Fsp3) is 0. The number of nitro groups is 2. The first-order valence-electron chi connectivity index (χ1n) is 5.18. The lowest BCUT2D eigenvalue weighted by Gasteiger charge is -2.04. The maximum atomic E-state index is 10.9. The Kier molecular flexibility index (Phi) is 3.57. The average molecular weight is 323 g/mol. The van der Waals surface area contributed by atoms with E-state index in [-0.39, 0.29) is 0 Å². The summed E-state index contributed by atoms with van der Waals surface area (Å²) in [4.78, 5) is 20.1. The molecular weight excluding hydrogens is 316 g/mol. The molecule has 0 aromatic heterocycles. The van der Waals surface area contributed by atoms with E-state index >= 15 is 0 Å². The van der Waals surface area contributed by atoms with Crippen LogP contribution in [-0.4, -0.2) is 9.85 Å². The van der Waals surface area contributed by atoms with E-state index in [9.17, 15) is 20.2 Å². The van der Waals surface area contributed by atoms with Crippen molar-refractivity contribution in [3.05, 3.63) is 67.2 Å². The van der Waals surface area contributed by atoms with Crippen LogP contribution in [0.2, 0.25) is 0 Å². The van der Waals surface area contributed by atoms with Gasteiger partial charge in [-0.2, -0.15) is 0 Å². The van der Waals surface area contributed by atoms with Crippen molar-refractivity contribution in [2.75, 3.05) is 0 Å². The van der Waals surface area contributed by atoms with Crippen LogP contribution in [0.5, 0.6) is 0 Å². The van der Waals surface area contributed by atoms with Crippen molar-refractivity contribution in [2.45, 2.75) is 0 Å². The molecule has 0 fully saturated rings. The van der Waals surface area contributed by atoms with Crippen LogP contribution < -0.4 is 0 Å². The SMILES string of the molecule is O=[N+]([O-])c1ccc(-c2ccccc2Br)cc1[N+](=O)[O-]. The molecule has 0 saturated heterocycles. The minimum atomic E-state index is -0.762. The summed E-state index contributed by atoms with van der Waals surface area (Å²) in [5, 5.41) is 21.6. The predicted molar refractivity (Wildman–Crippen MR) is 72.9 cm³/mol. The number of benzene rings is 2. The van der Waals surface area contributed by atoms with Crippen LogP contribution in [0.1, 0.15) is 0 Å². The molecule has 0 saturated carbocycles. The quantitative estimate of drug-likeness (QED) is 0.632. The van der Waals surface area contributed by atoms with Gasteiger partial charge in [0.05, 0.1) is 9.85 Å². The van der Waals surface area contributed by atoms with Crippen molar-refractivity contribution in [3.63, 3.8) is 0 Å². The first-order valence-corrected chi connectivity index (χ1v) is 5.97. The van der Waals surface area contributed by atoms with Crippen LogP contribution in [0.4, 0.5) is 11.4 Å². The molecule has 2 aromatic carbocycles. The second kappa shape index (κ2) is 5.15.